The Hall–Kier alpha value is -4.37. The Balaban J connectivity index is 1.51. The Morgan fingerprint density at radius 3 is 2.62 bits per heavy atom. The summed E-state index contributed by atoms with van der Waals surface area (Å²) in [5, 5.41) is 11.9. The Bertz CT molecular complexity index is 1640. The van der Waals surface area contributed by atoms with Crippen molar-refractivity contribution in [2.24, 2.45) is 0 Å². The van der Waals surface area contributed by atoms with Crippen LogP contribution in [0.2, 0.25) is 0 Å². The number of aromatic nitrogens is 1. The summed E-state index contributed by atoms with van der Waals surface area (Å²) < 4.78 is 17.5. The van der Waals surface area contributed by atoms with E-state index in [0.717, 1.165) is 16.0 Å². The first-order chi connectivity index (χ1) is 18.9. The molecule has 2 unspecified atom stereocenters. The van der Waals surface area contributed by atoms with Gasteiger partial charge in [-0.3, -0.25) is 14.5 Å². The first-order valence-electron chi connectivity index (χ1n) is 12.7. The topological polar surface area (TPSA) is 98.2 Å². The van der Waals surface area contributed by atoms with Crippen LogP contribution in [0.1, 0.15) is 36.6 Å². The first-order valence-corrected chi connectivity index (χ1v) is 13.5. The Labute approximate surface area is 229 Å². The van der Waals surface area contributed by atoms with Crippen molar-refractivity contribution in [3.05, 3.63) is 82.9 Å². The number of anilines is 1. The number of benzene rings is 3. The van der Waals surface area contributed by atoms with Gasteiger partial charge in [-0.25, -0.2) is 4.98 Å². The number of hydrogen-bond donors (Lipinski definition) is 1. The van der Waals surface area contributed by atoms with E-state index in [1.54, 1.807) is 49.6 Å². The first kappa shape index (κ1) is 24.9. The predicted molar refractivity (Wildman–Crippen MR) is 149 cm³/mol. The third-order valence-corrected chi connectivity index (χ3v) is 7.93. The lowest BCUT2D eigenvalue weighted by Gasteiger charge is -2.23. The zero-order valence-electron chi connectivity index (χ0n) is 21.6. The van der Waals surface area contributed by atoms with E-state index in [4.69, 9.17) is 14.2 Å². The summed E-state index contributed by atoms with van der Waals surface area (Å²) >= 11 is 1.28. The molecule has 6 rings (SSSR count). The van der Waals surface area contributed by atoms with Crippen LogP contribution in [0.4, 0.5) is 5.13 Å². The molecule has 0 saturated carbocycles. The molecule has 198 valence electrons. The van der Waals surface area contributed by atoms with Crippen LogP contribution in [0.5, 0.6) is 17.2 Å². The summed E-state index contributed by atoms with van der Waals surface area (Å²) in [6.45, 7) is 4.38. The van der Waals surface area contributed by atoms with Crippen LogP contribution in [0.3, 0.4) is 0 Å². The summed E-state index contributed by atoms with van der Waals surface area (Å²) in [4.78, 5) is 33.2. The molecule has 1 amide bonds. The zero-order valence-corrected chi connectivity index (χ0v) is 22.5. The van der Waals surface area contributed by atoms with Gasteiger partial charge in [0.25, 0.3) is 5.78 Å². The molecular weight excluding hydrogens is 516 g/mol. The van der Waals surface area contributed by atoms with Gasteiger partial charge in [0, 0.05) is 12.0 Å². The van der Waals surface area contributed by atoms with Gasteiger partial charge in [-0.15, -0.1) is 0 Å². The molecule has 1 saturated heterocycles. The molecular formula is C30H26N2O6S. The molecule has 2 aliphatic rings. The Morgan fingerprint density at radius 2 is 1.87 bits per heavy atom. The maximum absolute atomic E-state index is 13.6. The second-order valence-corrected chi connectivity index (χ2v) is 10.5. The number of rotatable bonds is 6. The van der Waals surface area contributed by atoms with Crippen molar-refractivity contribution in [1.29, 1.82) is 0 Å². The minimum Gasteiger partial charge on any atom is -0.507 e. The van der Waals surface area contributed by atoms with Crippen molar-refractivity contribution in [3.63, 3.8) is 0 Å². The fourth-order valence-corrected chi connectivity index (χ4v) is 6.13. The largest absolute Gasteiger partial charge is 0.507 e. The summed E-state index contributed by atoms with van der Waals surface area (Å²) in [6.07, 6.45) is 0.729. The van der Waals surface area contributed by atoms with Crippen LogP contribution in [-0.4, -0.2) is 41.6 Å². The van der Waals surface area contributed by atoms with E-state index in [2.05, 4.69) is 4.98 Å². The van der Waals surface area contributed by atoms with Gasteiger partial charge in [0.2, 0.25) is 0 Å². The van der Waals surface area contributed by atoms with Gasteiger partial charge in [0.15, 0.2) is 5.13 Å². The molecule has 2 aliphatic heterocycles. The van der Waals surface area contributed by atoms with Crippen LogP contribution in [0.15, 0.2) is 66.2 Å². The number of methoxy groups -OCH3 is 1. The third kappa shape index (κ3) is 4.28. The van der Waals surface area contributed by atoms with Crippen LogP contribution < -0.4 is 19.1 Å². The highest BCUT2D eigenvalue weighted by atomic mass is 32.1. The van der Waals surface area contributed by atoms with E-state index < -0.39 is 17.7 Å². The van der Waals surface area contributed by atoms with Crippen molar-refractivity contribution < 1.29 is 28.9 Å². The number of carbonyl (C=O) groups is 2. The van der Waals surface area contributed by atoms with Gasteiger partial charge in [-0.05, 0) is 73.5 Å². The predicted octanol–water partition coefficient (Wildman–Crippen LogP) is 5.65. The summed E-state index contributed by atoms with van der Waals surface area (Å²) in [6, 6.07) is 17.1. The lowest BCUT2D eigenvalue weighted by atomic mass is 9.94. The maximum atomic E-state index is 13.6. The van der Waals surface area contributed by atoms with Gasteiger partial charge >= 0.3 is 5.91 Å². The van der Waals surface area contributed by atoms with Crippen molar-refractivity contribution in [1.82, 2.24) is 4.98 Å². The molecule has 0 aliphatic carbocycles. The van der Waals surface area contributed by atoms with Crippen LogP contribution in [0.25, 0.3) is 16.0 Å². The van der Waals surface area contributed by atoms with Gasteiger partial charge in [0.1, 0.15) is 29.1 Å². The fraction of sp³-hybridized carbons (Fsp3) is 0.233. The quantitative estimate of drug-likeness (QED) is 0.191. The van der Waals surface area contributed by atoms with E-state index in [1.165, 1.54) is 16.2 Å². The maximum Gasteiger partial charge on any atom is 0.301 e. The molecule has 0 bridgehead atoms. The van der Waals surface area contributed by atoms with Gasteiger partial charge < -0.3 is 19.3 Å². The van der Waals surface area contributed by atoms with E-state index in [1.807, 2.05) is 32.0 Å². The number of ketones is 1. The normalized spacial score (nSPS) is 19.8. The summed E-state index contributed by atoms with van der Waals surface area (Å²) in [5.74, 6) is 0.330. The van der Waals surface area contributed by atoms with Crippen molar-refractivity contribution in [2.75, 3.05) is 18.6 Å². The fourth-order valence-electron chi connectivity index (χ4n) is 5.11. The van der Waals surface area contributed by atoms with Crippen LogP contribution in [-0.2, 0) is 16.0 Å². The number of hydrogen-bond acceptors (Lipinski definition) is 8. The van der Waals surface area contributed by atoms with E-state index in [-0.39, 0.29) is 17.4 Å². The summed E-state index contributed by atoms with van der Waals surface area (Å²) in [7, 11) is 1.58. The molecule has 3 aromatic carbocycles. The monoisotopic (exact) mass is 542 g/mol. The lowest BCUT2D eigenvalue weighted by molar-refractivity contribution is -0.132. The van der Waals surface area contributed by atoms with E-state index in [0.29, 0.717) is 46.3 Å². The minimum atomic E-state index is -0.883. The number of nitrogens with zero attached hydrogens (tertiary/aromatic N) is 2. The number of carbonyl (C=O) groups excluding carboxylic acids is 2. The average molecular weight is 543 g/mol. The average Bonchev–Trinajstić information content (AvgIpc) is 3.60. The lowest BCUT2D eigenvalue weighted by Crippen LogP contribution is -2.29. The molecule has 9 heteroatoms. The molecule has 3 heterocycles. The van der Waals surface area contributed by atoms with Crippen molar-refractivity contribution >= 4 is 44.1 Å². The molecule has 1 N–H and O–H groups in total. The smallest absolute Gasteiger partial charge is 0.301 e. The SMILES string of the molecule is CCOc1ccc(C2C(=C(O)c3ccc4c(c3)CC(C)O4)C(=O)C(=O)N2c2nc3ccc(OC)cc3s2)cc1. The second kappa shape index (κ2) is 9.74. The highest BCUT2D eigenvalue weighted by Crippen LogP contribution is 2.45. The highest BCUT2D eigenvalue weighted by Gasteiger charge is 2.48. The van der Waals surface area contributed by atoms with Gasteiger partial charge in [0.05, 0.1) is 35.5 Å². The van der Waals surface area contributed by atoms with Crippen LogP contribution in [0, 0.1) is 0 Å². The molecule has 8 nitrogen and oxygen atoms in total. The minimum absolute atomic E-state index is 0.00732. The number of amides is 1. The highest BCUT2D eigenvalue weighted by molar-refractivity contribution is 7.22. The standard InChI is InChI=1S/C30H26N2O6S/c1-4-37-20-8-5-17(6-9-20)26-25(27(33)18-7-12-23-19(14-18)13-16(2)38-23)28(34)29(35)32(26)30-31-22-11-10-21(36-3)15-24(22)39-30/h5-12,14-16,26,33H,4,13H2,1-3H3. The number of aliphatic hydroxyl groups excluding tert-OH is 1. The molecule has 1 fully saturated rings. The number of aliphatic hydroxyl groups is 1. The second-order valence-electron chi connectivity index (χ2n) is 9.46. The van der Waals surface area contributed by atoms with E-state index in [9.17, 15) is 14.7 Å². The van der Waals surface area contributed by atoms with Gasteiger partial charge in [-0.2, -0.15) is 0 Å². The molecule has 2 atom stereocenters. The van der Waals surface area contributed by atoms with Crippen LogP contribution >= 0.6 is 11.3 Å². The molecule has 1 aromatic heterocycles. The number of thiazole rings is 1. The zero-order chi connectivity index (χ0) is 27.3. The molecule has 0 radical (unpaired) electrons. The summed E-state index contributed by atoms with van der Waals surface area (Å²) in [5.41, 5.74) is 2.73. The third-order valence-electron chi connectivity index (χ3n) is 6.91. The number of ether oxygens (including phenoxy) is 3. The molecule has 0 spiro atoms. The number of Topliss-reactive ketones (excluding diaryl/α,β-unsaturated/α-hetero) is 1. The number of fused-ring (bicyclic) bond motifs is 2. The van der Waals surface area contributed by atoms with Crippen molar-refractivity contribution in [3.8, 4) is 17.2 Å². The molecule has 39 heavy (non-hydrogen) atoms. The Morgan fingerprint density at radius 1 is 1.10 bits per heavy atom. The van der Waals surface area contributed by atoms with Gasteiger partial charge in [-0.1, -0.05) is 23.5 Å². The molecule has 4 aromatic rings. The van der Waals surface area contributed by atoms with E-state index >= 15 is 0 Å². The Kier molecular flexibility index (Phi) is 6.23. The van der Waals surface area contributed by atoms with Crippen molar-refractivity contribution in [2.45, 2.75) is 32.4 Å².